The summed E-state index contributed by atoms with van der Waals surface area (Å²) < 4.78 is 5.16. The first kappa shape index (κ1) is 13.9. The maximum absolute atomic E-state index is 11.8. The number of aryl methyl sites for hydroxylation is 1. The van der Waals surface area contributed by atoms with Crippen LogP contribution in [0.3, 0.4) is 0 Å². The van der Waals surface area contributed by atoms with Crippen molar-refractivity contribution < 1.29 is 14.3 Å². The molecule has 0 spiro atoms. The molecule has 2 rings (SSSR count). The first-order chi connectivity index (χ1) is 9.60. The van der Waals surface area contributed by atoms with Crippen molar-refractivity contribution in [3.63, 3.8) is 0 Å². The van der Waals surface area contributed by atoms with Gasteiger partial charge in [0.1, 0.15) is 5.75 Å². The van der Waals surface area contributed by atoms with Crippen molar-refractivity contribution in [2.45, 2.75) is 20.3 Å². The summed E-state index contributed by atoms with van der Waals surface area (Å²) in [4.78, 5) is 31.2. The SMILES string of the molecule is CCC(=O)c1ccc(OC(=O)c2cnc(C)cn2)cc1. The monoisotopic (exact) mass is 270 g/mol. The van der Waals surface area contributed by atoms with E-state index in [9.17, 15) is 9.59 Å². The van der Waals surface area contributed by atoms with Crippen LogP contribution in [0.2, 0.25) is 0 Å². The van der Waals surface area contributed by atoms with Crippen molar-refractivity contribution in [2.24, 2.45) is 0 Å². The number of Topliss-reactive ketones (excluding diaryl/α,β-unsaturated/α-hetero) is 1. The second-order valence-corrected chi connectivity index (χ2v) is 4.23. The lowest BCUT2D eigenvalue weighted by Crippen LogP contribution is -2.11. The van der Waals surface area contributed by atoms with Crippen LogP contribution >= 0.6 is 0 Å². The highest BCUT2D eigenvalue weighted by Gasteiger charge is 2.11. The number of benzene rings is 1. The number of aromatic nitrogens is 2. The Morgan fingerprint density at radius 1 is 1.10 bits per heavy atom. The van der Waals surface area contributed by atoms with Gasteiger partial charge in [0.25, 0.3) is 0 Å². The first-order valence-electron chi connectivity index (χ1n) is 6.24. The summed E-state index contributed by atoms with van der Waals surface area (Å²) in [5.74, 6) is -0.163. The van der Waals surface area contributed by atoms with E-state index in [0.29, 0.717) is 17.7 Å². The summed E-state index contributed by atoms with van der Waals surface area (Å²) in [6.45, 7) is 3.58. The average molecular weight is 270 g/mol. The van der Waals surface area contributed by atoms with Gasteiger partial charge < -0.3 is 4.74 Å². The Balaban J connectivity index is 2.08. The summed E-state index contributed by atoms with van der Waals surface area (Å²) in [6, 6.07) is 6.44. The molecule has 102 valence electrons. The standard InChI is InChI=1S/C15H14N2O3/c1-3-14(18)11-4-6-12(7-5-11)20-15(19)13-9-16-10(2)8-17-13/h4-9H,3H2,1-2H3. The smallest absolute Gasteiger partial charge is 0.363 e. The van der Waals surface area contributed by atoms with Crippen LogP contribution in [0.5, 0.6) is 5.75 Å². The van der Waals surface area contributed by atoms with Crippen molar-refractivity contribution in [1.82, 2.24) is 9.97 Å². The van der Waals surface area contributed by atoms with Gasteiger partial charge in [0.2, 0.25) is 0 Å². The molecule has 0 N–H and O–H groups in total. The quantitative estimate of drug-likeness (QED) is 0.485. The predicted octanol–water partition coefficient (Wildman–Crippen LogP) is 2.60. The van der Waals surface area contributed by atoms with E-state index in [1.807, 2.05) is 0 Å². The first-order valence-corrected chi connectivity index (χ1v) is 6.24. The number of nitrogens with zero attached hydrogens (tertiary/aromatic N) is 2. The zero-order chi connectivity index (χ0) is 14.5. The molecule has 2 aromatic rings. The fraction of sp³-hybridized carbons (Fsp3) is 0.200. The number of hydrogen-bond donors (Lipinski definition) is 0. The molecule has 0 bridgehead atoms. The Kier molecular flexibility index (Phi) is 4.20. The number of rotatable bonds is 4. The summed E-state index contributed by atoms with van der Waals surface area (Å²) in [5, 5.41) is 0. The highest BCUT2D eigenvalue weighted by molar-refractivity contribution is 5.96. The summed E-state index contributed by atoms with van der Waals surface area (Å²) in [7, 11) is 0. The largest absolute Gasteiger partial charge is 0.422 e. The van der Waals surface area contributed by atoms with Crippen molar-refractivity contribution in [3.8, 4) is 5.75 Å². The molecule has 0 saturated heterocycles. The molecule has 0 amide bonds. The van der Waals surface area contributed by atoms with Gasteiger partial charge in [-0.1, -0.05) is 6.92 Å². The lowest BCUT2D eigenvalue weighted by Gasteiger charge is -2.04. The third-order valence-corrected chi connectivity index (χ3v) is 2.70. The van der Waals surface area contributed by atoms with E-state index < -0.39 is 5.97 Å². The maximum Gasteiger partial charge on any atom is 0.363 e. The third-order valence-electron chi connectivity index (χ3n) is 2.70. The van der Waals surface area contributed by atoms with E-state index in [4.69, 9.17) is 4.74 Å². The normalized spacial score (nSPS) is 10.1. The molecule has 0 unspecified atom stereocenters. The molecule has 20 heavy (non-hydrogen) atoms. The van der Waals surface area contributed by atoms with Crippen LogP contribution in [-0.2, 0) is 0 Å². The van der Waals surface area contributed by atoms with Crippen molar-refractivity contribution in [2.75, 3.05) is 0 Å². The molecule has 0 fully saturated rings. The van der Waals surface area contributed by atoms with Gasteiger partial charge in [0.05, 0.1) is 11.9 Å². The Morgan fingerprint density at radius 2 is 1.80 bits per heavy atom. The minimum absolute atomic E-state index is 0.0484. The molecule has 0 aliphatic rings. The summed E-state index contributed by atoms with van der Waals surface area (Å²) in [6.07, 6.45) is 3.31. The number of ketones is 1. The number of carbonyl (C=O) groups excluding carboxylic acids is 2. The van der Waals surface area contributed by atoms with Gasteiger partial charge in [-0.15, -0.1) is 0 Å². The van der Waals surface area contributed by atoms with Crippen LogP contribution in [0.25, 0.3) is 0 Å². The van der Waals surface area contributed by atoms with Crippen LogP contribution in [0.15, 0.2) is 36.7 Å². The Bertz CT molecular complexity index is 619. The number of hydrogen-bond acceptors (Lipinski definition) is 5. The van der Waals surface area contributed by atoms with Crippen LogP contribution < -0.4 is 4.74 Å². The van der Waals surface area contributed by atoms with Gasteiger partial charge in [-0.05, 0) is 31.2 Å². The minimum atomic E-state index is -0.577. The fourth-order valence-corrected chi connectivity index (χ4v) is 1.57. The van der Waals surface area contributed by atoms with Gasteiger partial charge in [0.15, 0.2) is 11.5 Å². The zero-order valence-electron chi connectivity index (χ0n) is 11.3. The molecule has 5 nitrogen and oxygen atoms in total. The van der Waals surface area contributed by atoms with E-state index >= 15 is 0 Å². The highest BCUT2D eigenvalue weighted by atomic mass is 16.5. The zero-order valence-corrected chi connectivity index (χ0v) is 11.3. The Labute approximate surface area is 116 Å². The van der Waals surface area contributed by atoms with Gasteiger partial charge in [-0.25, -0.2) is 9.78 Å². The Hall–Kier alpha value is -2.56. The van der Waals surface area contributed by atoms with Crippen LogP contribution in [0.4, 0.5) is 0 Å². The minimum Gasteiger partial charge on any atom is -0.422 e. The molecular formula is C15H14N2O3. The van der Waals surface area contributed by atoms with E-state index in [1.54, 1.807) is 38.1 Å². The van der Waals surface area contributed by atoms with Gasteiger partial charge >= 0.3 is 5.97 Å². The second-order valence-electron chi connectivity index (χ2n) is 4.23. The topological polar surface area (TPSA) is 69.2 Å². The number of carbonyl (C=O) groups is 2. The van der Waals surface area contributed by atoms with E-state index in [2.05, 4.69) is 9.97 Å². The predicted molar refractivity (Wildman–Crippen MR) is 72.8 cm³/mol. The molecule has 1 heterocycles. The van der Waals surface area contributed by atoms with Crippen molar-refractivity contribution in [1.29, 1.82) is 0 Å². The molecule has 0 radical (unpaired) electrons. The van der Waals surface area contributed by atoms with Crippen LogP contribution in [0.1, 0.15) is 39.9 Å². The molecule has 0 saturated carbocycles. The van der Waals surface area contributed by atoms with Crippen molar-refractivity contribution in [3.05, 3.63) is 53.6 Å². The van der Waals surface area contributed by atoms with Gasteiger partial charge in [-0.2, -0.15) is 0 Å². The molecule has 5 heteroatoms. The average Bonchev–Trinajstić information content (AvgIpc) is 2.48. The summed E-state index contributed by atoms with van der Waals surface area (Å²) >= 11 is 0. The van der Waals surface area contributed by atoms with E-state index in [0.717, 1.165) is 5.69 Å². The van der Waals surface area contributed by atoms with E-state index in [1.165, 1.54) is 12.4 Å². The van der Waals surface area contributed by atoms with Gasteiger partial charge in [0, 0.05) is 18.2 Å². The summed E-state index contributed by atoms with van der Waals surface area (Å²) in [5.41, 5.74) is 1.47. The number of esters is 1. The van der Waals surface area contributed by atoms with Gasteiger partial charge in [-0.3, -0.25) is 9.78 Å². The van der Waals surface area contributed by atoms with E-state index in [-0.39, 0.29) is 11.5 Å². The molecule has 0 aliphatic carbocycles. The molecule has 1 aromatic carbocycles. The molecular weight excluding hydrogens is 256 g/mol. The Morgan fingerprint density at radius 3 is 2.35 bits per heavy atom. The van der Waals surface area contributed by atoms with Crippen LogP contribution in [0, 0.1) is 6.92 Å². The molecule has 1 aromatic heterocycles. The van der Waals surface area contributed by atoms with Crippen LogP contribution in [-0.4, -0.2) is 21.7 Å². The third kappa shape index (κ3) is 3.26. The lowest BCUT2D eigenvalue weighted by atomic mass is 10.1. The fourth-order valence-electron chi connectivity index (χ4n) is 1.57. The maximum atomic E-state index is 11.8. The molecule has 0 atom stereocenters. The second kappa shape index (κ2) is 6.06. The number of ether oxygens (including phenoxy) is 1. The molecule has 0 aliphatic heterocycles. The lowest BCUT2D eigenvalue weighted by molar-refractivity contribution is 0.0728. The van der Waals surface area contributed by atoms with Crippen molar-refractivity contribution >= 4 is 11.8 Å². The highest BCUT2D eigenvalue weighted by Crippen LogP contribution is 2.14.